The van der Waals surface area contributed by atoms with E-state index in [-0.39, 0.29) is 16.8 Å². The maximum absolute atomic E-state index is 11.6. The molecule has 138 valence electrons. The summed E-state index contributed by atoms with van der Waals surface area (Å²) in [6, 6.07) is 0. The molecule has 3 heteroatoms. The number of rotatable bonds is 1. The smallest absolute Gasteiger partial charge is 0.167 e. The van der Waals surface area contributed by atoms with Crippen LogP contribution in [0.4, 0.5) is 0 Å². The Morgan fingerprint density at radius 3 is 1.61 bits per heavy atom. The predicted molar refractivity (Wildman–Crippen MR) is 97.6 cm³/mol. The maximum atomic E-state index is 11.6. The zero-order valence-electron chi connectivity index (χ0n) is 17.3. The van der Waals surface area contributed by atoms with Crippen molar-refractivity contribution in [3.8, 4) is 0 Å². The highest BCUT2D eigenvalue weighted by molar-refractivity contribution is 5.88. The molecule has 1 heterocycles. The Morgan fingerprint density at radius 1 is 1.04 bits per heavy atom. The van der Waals surface area contributed by atoms with Gasteiger partial charge in [0, 0.05) is 5.41 Å². The van der Waals surface area contributed by atoms with Crippen LogP contribution in [-0.4, -0.2) is 28.7 Å². The lowest BCUT2D eigenvalue weighted by molar-refractivity contribution is -0.140. The highest BCUT2D eigenvalue weighted by atomic mass is 16.5. The molecule has 1 N–H and O–H groups in total. The van der Waals surface area contributed by atoms with Crippen molar-refractivity contribution in [2.45, 2.75) is 107 Å². The summed E-state index contributed by atoms with van der Waals surface area (Å²) in [5.41, 5.74) is -0.372. The van der Waals surface area contributed by atoms with Gasteiger partial charge in [0.2, 0.25) is 0 Å². The predicted octanol–water partition coefficient (Wildman–Crippen LogP) is 5.00. The van der Waals surface area contributed by atoms with Gasteiger partial charge in [-0.1, -0.05) is 62.3 Å². The molecule has 2 unspecified atom stereocenters. The molecule has 0 aromatic heterocycles. The highest BCUT2D eigenvalue weighted by Gasteiger charge is 2.38. The molecule has 1 aliphatic rings. The third kappa shape index (κ3) is 7.80. The fourth-order valence-electron chi connectivity index (χ4n) is 2.39. The van der Waals surface area contributed by atoms with Crippen LogP contribution in [0.15, 0.2) is 0 Å². The first-order chi connectivity index (χ1) is 9.88. The van der Waals surface area contributed by atoms with Crippen molar-refractivity contribution in [2.75, 3.05) is 0 Å². The van der Waals surface area contributed by atoms with Gasteiger partial charge in [-0.2, -0.15) is 0 Å². The molecule has 0 bridgehead atoms. The molecule has 2 atom stereocenters. The second kappa shape index (κ2) is 7.23. The molecule has 0 spiro atoms. The summed E-state index contributed by atoms with van der Waals surface area (Å²) < 4.78 is 5.91. The third-order valence-corrected chi connectivity index (χ3v) is 4.24. The Bertz CT molecular complexity index is 389. The fourth-order valence-corrected chi connectivity index (χ4v) is 2.39. The third-order valence-electron chi connectivity index (χ3n) is 4.24. The molecule has 1 aliphatic heterocycles. The summed E-state index contributed by atoms with van der Waals surface area (Å²) in [6.45, 7) is 22.2. The van der Waals surface area contributed by atoms with Crippen LogP contribution in [0.25, 0.3) is 0 Å². The number of hydrogen-bond donors (Lipinski definition) is 1. The Hall–Kier alpha value is -0.410. The molecular weight excluding hydrogens is 288 g/mol. The average Bonchev–Trinajstić information content (AvgIpc) is 2.66. The minimum absolute atomic E-state index is 0.0880. The van der Waals surface area contributed by atoms with Crippen LogP contribution in [0.2, 0.25) is 0 Å². The minimum atomic E-state index is -0.863. The van der Waals surface area contributed by atoms with Gasteiger partial charge in [-0.25, -0.2) is 0 Å². The first-order valence-corrected chi connectivity index (χ1v) is 8.78. The van der Waals surface area contributed by atoms with Crippen molar-refractivity contribution in [3.63, 3.8) is 0 Å². The molecule has 0 aromatic rings. The molecule has 1 fully saturated rings. The van der Waals surface area contributed by atoms with Crippen molar-refractivity contribution in [1.29, 1.82) is 0 Å². The monoisotopic (exact) mass is 328 g/mol. The van der Waals surface area contributed by atoms with Gasteiger partial charge in [0.25, 0.3) is 0 Å². The molecule has 0 radical (unpaired) electrons. The number of hydrogen-bond acceptors (Lipinski definition) is 3. The molecule has 0 aliphatic carbocycles. The Kier molecular flexibility index (Phi) is 7.10. The van der Waals surface area contributed by atoms with E-state index in [1.165, 1.54) is 12.8 Å². The molecule has 0 saturated carbocycles. The lowest BCUT2D eigenvalue weighted by Gasteiger charge is -2.29. The van der Waals surface area contributed by atoms with E-state index in [2.05, 4.69) is 34.6 Å². The minimum Gasteiger partial charge on any atom is -0.385 e. The van der Waals surface area contributed by atoms with Gasteiger partial charge in [-0.15, -0.1) is 0 Å². The molecule has 0 amide bonds. The van der Waals surface area contributed by atoms with Crippen LogP contribution in [-0.2, 0) is 9.53 Å². The van der Waals surface area contributed by atoms with Crippen LogP contribution in [0, 0.1) is 16.2 Å². The van der Waals surface area contributed by atoms with Gasteiger partial charge >= 0.3 is 0 Å². The largest absolute Gasteiger partial charge is 0.385 e. The standard InChI is InChI=1S/C10H20O2.C10H20O/c1-9(2,3)7(11)8(12)10(4,5)6;1-9(2,3)8-6-7-10(4,5)11-8/h7,11H,1-6H3;8H,6-7H2,1-5H3. The zero-order chi connectivity index (χ0) is 18.9. The molecule has 1 saturated heterocycles. The number of ketones is 1. The van der Waals surface area contributed by atoms with Gasteiger partial charge in [0.05, 0.1) is 11.7 Å². The summed E-state index contributed by atoms with van der Waals surface area (Å²) in [6.07, 6.45) is 2.01. The van der Waals surface area contributed by atoms with Gasteiger partial charge in [-0.05, 0) is 37.5 Å². The van der Waals surface area contributed by atoms with Gasteiger partial charge in [-0.3, -0.25) is 4.79 Å². The fraction of sp³-hybridized carbons (Fsp3) is 0.950. The number of ether oxygens (including phenoxy) is 1. The average molecular weight is 329 g/mol. The molecular formula is C20H40O3. The molecule has 1 rings (SSSR count). The number of carbonyl (C=O) groups excluding carboxylic acids is 1. The highest BCUT2D eigenvalue weighted by Crippen LogP contribution is 2.38. The second-order valence-corrected chi connectivity index (χ2v) is 10.7. The lowest BCUT2D eigenvalue weighted by Crippen LogP contribution is -2.40. The van der Waals surface area contributed by atoms with E-state index in [0.29, 0.717) is 11.5 Å². The summed E-state index contributed by atoms with van der Waals surface area (Å²) in [7, 11) is 0. The molecule has 3 nitrogen and oxygen atoms in total. The van der Waals surface area contributed by atoms with Crippen molar-refractivity contribution < 1.29 is 14.6 Å². The normalized spacial score (nSPS) is 23.0. The van der Waals surface area contributed by atoms with E-state index in [1.807, 2.05) is 41.5 Å². The Balaban J connectivity index is 0.000000422. The number of Topliss-reactive ketones (excluding diaryl/α,β-unsaturated/α-hetero) is 1. The van der Waals surface area contributed by atoms with Crippen molar-refractivity contribution in [1.82, 2.24) is 0 Å². The summed E-state index contributed by atoms with van der Waals surface area (Å²) >= 11 is 0. The van der Waals surface area contributed by atoms with Crippen LogP contribution < -0.4 is 0 Å². The number of carbonyl (C=O) groups is 1. The Labute approximate surface area is 144 Å². The van der Waals surface area contributed by atoms with Crippen LogP contribution >= 0.6 is 0 Å². The SMILES string of the molecule is CC(C)(C)C(=O)C(O)C(C)(C)C.CC1(C)CCC(C(C)(C)C)O1. The summed E-state index contributed by atoms with van der Waals surface area (Å²) in [4.78, 5) is 11.6. The van der Waals surface area contributed by atoms with E-state index in [4.69, 9.17) is 4.74 Å². The van der Waals surface area contributed by atoms with E-state index in [0.717, 1.165) is 0 Å². The zero-order valence-corrected chi connectivity index (χ0v) is 17.3. The van der Waals surface area contributed by atoms with Crippen molar-refractivity contribution in [2.24, 2.45) is 16.2 Å². The van der Waals surface area contributed by atoms with Gasteiger partial charge < -0.3 is 9.84 Å². The topological polar surface area (TPSA) is 46.5 Å². The van der Waals surface area contributed by atoms with Crippen molar-refractivity contribution in [3.05, 3.63) is 0 Å². The van der Waals surface area contributed by atoms with E-state index < -0.39 is 11.5 Å². The first-order valence-electron chi connectivity index (χ1n) is 8.78. The summed E-state index contributed by atoms with van der Waals surface area (Å²) in [5, 5.41) is 9.64. The second-order valence-electron chi connectivity index (χ2n) is 10.7. The van der Waals surface area contributed by atoms with Crippen molar-refractivity contribution >= 4 is 5.78 Å². The molecule has 23 heavy (non-hydrogen) atoms. The van der Waals surface area contributed by atoms with E-state index in [9.17, 15) is 9.90 Å². The Morgan fingerprint density at radius 2 is 1.48 bits per heavy atom. The first kappa shape index (κ1) is 22.6. The quantitative estimate of drug-likeness (QED) is 0.737. The van der Waals surface area contributed by atoms with Crippen LogP contribution in [0.3, 0.4) is 0 Å². The van der Waals surface area contributed by atoms with E-state index >= 15 is 0 Å². The maximum Gasteiger partial charge on any atom is 0.167 e. The van der Waals surface area contributed by atoms with Gasteiger partial charge in [0.15, 0.2) is 5.78 Å². The van der Waals surface area contributed by atoms with Crippen LogP contribution in [0.5, 0.6) is 0 Å². The molecule has 0 aromatic carbocycles. The van der Waals surface area contributed by atoms with E-state index in [1.54, 1.807) is 0 Å². The number of aliphatic hydroxyl groups is 1. The van der Waals surface area contributed by atoms with Crippen LogP contribution in [0.1, 0.15) is 89.0 Å². The summed E-state index contributed by atoms with van der Waals surface area (Å²) in [5.74, 6) is -0.0880. The van der Waals surface area contributed by atoms with Gasteiger partial charge in [0.1, 0.15) is 6.10 Å². The number of aliphatic hydroxyl groups excluding tert-OH is 1. The lowest BCUT2D eigenvalue weighted by atomic mass is 9.78.